The number of nitrogens with one attached hydrogen (secondary N) is 1. The molecule has 2 atom stereocenters. The Morgan fingerprint density at radius 1 is 1.17 bits per heavy atom. The topological polar surface area (TPSA) is 41.5 Å². The van der Waals surface area contributed by atoms with E-state index in [1.807, 2.05) is 38.1 Å². The SMILES string of the molecule is CC(C)Oc1ccc(NC2CCCCC2O)cc1. The third-order valence-corrected chi connectivity index (χ3v) is 3.31. The lowest BCUT2D eigenvalue weighted by atomic mass is 9.92. The number of aliphatic hydroxyl groups excluding tert-OH is 1. The van der Waals surface area contributed by atoms with Crippen molar-refractivity contribution in [2.24, 2.45) is 0 Å². The van der Waals surface area contributed by atoms with Crippen LogP contribution in [0.3, 0.4) is 0 Å². The van der Waals surface area contributed by atoms with Crippen molar-refractivity contribution in [1.82, 2.24) is 0 Å². The van der Waals surface area contributed by atoms with Crippen LogP contribution >= 0.6 is 0 Å². The molecule has 1 aromatic carbocycles. The Morgan fingerprint density at radius 2 is 1.83 bits per heavy atom. The van der Waals surface area contributed by atoms with Crippen molar-refractivity contribution in [1.29, 1.82) is 0 Å². The van der Waals surface area contributed by atoms with Crippen molar-refractivity contribution in [3.63, 3.8) is 0 Å². The van der Waals surface area contributed by atoms with Gasteiger partial charge in [-0.2, -0.15) is 0 Å². The van der Waals surface area contributed by atoms with Crippen molar-refractivity contribution in [3.05, 3.63) is 24.3 Å². The predicted octanol–water partition coefficient (Wildman–Crippen LogP) is 3.19. The fourth-order valence-electron chi connectivity index (χ4n) is 2.40. The van der Waals surface area contributed by atoms with E-state index in [9.17, 15) is 5.11 Å². The lowest BCUT2D eigenvalue weighted by Crippen LogP contribution is -2.36. The molecule has 1 aliphatic carbocycles. The molecule has 0 heterocycles. The Kier molecular flexibility index (Phi) is 4.48. The number of rotatable bonds is 4. The summed E-state index contributed by atoms with van der Waals surface area (Å²) in [6, 6.07) is 8.16. The van der Waals surface area contributed by atoms with Gasteiger partial charge in [0.05, 0.1) is 18.2 Å². The van der Waals surface area contributed by atoms with Crippen molar-refractivity contribution in [2.45, 2.75) is 57.8 Å². The van der Waals surface area contributed by atoms with Gasteiger partial charge in [-0.1, -0.05) is 12.8 Å². The standard InChI is InChI=1S/C15H23NO2/c1-11(2)18-13-9-7-12(8-10-13)16-14-5-3-4-6-15(14)17/h7-11,14-17H,3-6H2,1-2H3. The van der Waals surface area contributed by atoms with Gasteiger partial charge in [0.2, 0.25) is 0 Å². The van der Waals surface area contributed by atoms with E-state index in [1.54, 1.807) is 0 Å². The smallest absolute Gasteiger partial charge is 0.119 e. The molecule has 0 amide bonds. The number of anilines is 1. The van der Waals surface area contributed by atoms with Crippen LogP contribution in [-0.4, -0.2) is 23.4 Å². The lowest BCUT2D eigenvalue weighted by molar-refractivity contribution is 0.116. The predicted molar refractivity (Wildman–Crippen MR) is 74.1 cm³/mol. The highest BCUT2D eigenvalue weighted by Crippen LogP contribution is 2.23. The van der Waals surface area contributed by atoms with E-state index in [2.05, 4.69) is 5.32 Å². The third-order valence-electron chi connectivity index (χ3n) is 3.31. The van der Waals surface area contributed by atoms with E-state index in [-0.39, 0.29) is 18.2 Å². The average molecular weight is 249 g/mol. The summed E-state index contributed by atoms with van der Waals surface area (Å²) in [5.74, 6) is 0.889. The van der Waals surface area contributed by atoms with Crippen molar-refractivity contribution in [3.8, 4) is 5.75 Å². The van der Waals surface area contributed by atoms with Gasteiger partial charge in [-0.25, -0.2) is 0 Å². The second-order valence-corrected chi connectivity index (χ2v) is 5.29. The fourth-order valence-corrected chi connectivity index (χ4v) is 2.40. The molecule has 0 bridgehead atoms. The normalized spacial score (nSPS) is 24.0. The van der Waals surface area contributed by atoms with Gasteiger partial charge in [-0.3, -0.25) is 0 Å². The van der Waals surface area contributed by atoms with Crippen LogP contribution in [0.1, 0.15) is 39.5 Å². The molecular weight excluding hydrogens is 226 g/mol. The molecule has 1 aliphatic rings. The van der Waals surface area contributed by atoms with Crippen LogP contribution in [0, 0.1) is 0 Å². The Hall–Kier alpha value is -1.22. The van der Waals surface area contributed by atoms with Crippen LogP contribution < -0.4 is 10.1 Å². The molecule has 0 saturated heterocycles. The zero-order valence-electron chi connectivity index (χ0n) is 11.2. The van der Waals surface area contributed by atoms with Gasteiger partial charge < -0.3 is 15.2 Å². The second-order valence-electron chi connectivity index (χ2n) is 5.29. The van der Waals surface area contributed by atoms with Gasteiger partial charge in [0.15, 0.2) is 0 Å². The maximum atomic E-state index is 9.92. The zero-order valence-corrected chi connectivity index (χ0v) is 11.2. The molecule has 0 aliphatic heterocycles. The average Bonchev–Trinajstić information content (AvgIpc) is 2.34. The minimum atomic E-state index is -0.217. The van der Waals surface area contributed by atoms with Gasteiger partial charge in [-0.15, -0.1) is 0 Å². The minimum Gasteiger partial charge on any atom is -0.491 e. The maximum absolute atomic E-state index is 9.92. The zero-order chi connectivity index (χ0) is 13.0. The van der Waals surface area contributed by atoms with Crippen molar-refractivity contribution < 1.29 is 9.84 Å². The Bertz CT molecular complexity index is 361. The molecule has 3 nitrogen and oxygen atoms in total. The minimum absolute atomic E-state index is 0.190. The first-order valence-corrected chi connectivity index (χ1v) is 6.86. The quantitative estimate of drug-likeness (QED) is 0.861. The number of hydrogen-bond donors (Lipinski definition) is 2. The number of benzene rings is 1. The van der Waals surface area contributed by atoms with Crippen LogP contribution in [-0.2, 0) is 0 Å². The van der Waals surface area contributed by atoms with E-state index in [0.29, 0.717) is 0 Å². The first kappa shape index (κ1) is 13.2. The van der Waals surface area contributed by atoms with E-state index < -0.39 is 0 Å². The molecule has 100 valence electrons. The second kappa shape index (κ2) is 6.10. The molecule has 0 radical (unpaired) electrons. The van der Waals surface area contributed by atoms with Crippen LogP contribution in [0.25, 0.3) is 0 Å². The third kappa shape index (κ3) is 3.64. The van der Waals surface area contributed by atoms with E-state index in [1.165, 1.54) is 6.42 Å². The van der Waals surface area contributed by atoms with E-state index in [0.717, 1.165) is 30.7 Å². The van der Waals surface area contributed by atoms with E-state index >= 15 is 0 Å². The Morgan fingerprint density at radius 3 is 2.44 bits per heavy atom. The molecule has 3 heteroatoms. The summed E-state index contributed by atoms with van der Waals surface area (Å²) in [6.45, 7) is 4.04. The van der Waals surface area contributed by atoms with Gasteiger partial charge in [0.25, 0.3) is 0 Å². The fraction of sp³-hybridized carbons (Fsp3) is 0.600. The number of hydrogen-bond acceptors (Lipinski definition) is 3. The van der Waals surface area contributed by atoms with Gasteiger partial charge in [0, 0.05) is 5.69 Å². The summed E-state index contributed by atoms with van der Waals surface area (Å²) >= 11 is 0. The Balaban J connectivity index is 1.93. The van der Waals surface area contributed by atoms with Crippen molar-refractivity contribution >= 4 is 5.69 Å². The molecule has 0 aromatic heterocycles. The molecule has 0 spiro atoms. The Labute approximate surface area is 109 Å². The molecule has 2 N–H and O–H groups in total. The van der Waals surface area contributed by atoms with Crippen LogP contribution in [0.5, 0.6) is 5.75 Å². The number of ether oxygens (including phenoxy) is 1. The summed E-state index contributed by atoms with van der Waals surface area (Å²) in [7, 11) is 0. The summed E-state index contributed by atoms with van der Waals surface area (Å²) in [4.78, 5) is 0. The summed E-state index contributed by atoms with van der Waals surface area (Å²) in [5, 5.41) is 13.3. The molecule has 1 fully saturated rings. The van der Waals surface area contributed by atoms with Gasteiger partial charge in [0.1, 0.15) is 5.75 Å². The first-order valence-electron chi connectivity index (χ1n) is 6.86. The maximum Gasteiger partial charge on any atom is 0.119 e. The molecule has 2 rings (SSSR count). The highest BCUT2D eigenvalue weighted by molar-refractivity contribution is 5.47. The first-order chi connectivity index (χ1) is 8.65. The summed E-state index contributed by atoms with van der Waals surface area (Å²) in [6.07, 6.45) is 4.27. The van der Waals surface area contributed by atoms with Gasteiger partial charge >= 0.3 is 0 Å². The highest BCUT2D eigenvalue weighted by Gasteiger charge is 2.22. The molecule has 2 unspecified atom stereocenters. The molecule has 18 heavy (non-hydrogen) atoms. The van der Waals surface area contributed by atoms with Crippen LogP contribution in [0.4, 0.5) is 5.69 Å². The van der Waals surface area contributed by atoms with Crippen LogP contribution in [0.15, 0.2) is 24.3 Å². The molecule has 1 saturated carbocycles. The van der Waals surface area contributed by atoms with Crippen molar-refractivity contribution in [2.75, 3.05) is 5.32 Å². The number of aliphatic hydroxyl groups is 1. The lowest BCUT2D eigenvalue weighted by Gasteiger charge is -2.29. The monoisotopic (exact) mass is 249 g/mol. The highest BCUT2D eigenvalue weighted by atomic mass is 16.5. The molecule has 1 aromatic rings. The van der Waals surface area contributed by atoms with E-state index in [4.69, 9.17) is 4.74 Å². The van der Waals surface area contributed by atoms with Gasteiger partial charge in [-0.05, 0) is 51.0 Å². The molecular formula is C15H23NO2. The summed E-state index contributed by atoms with van der Waals surface area (Å²) < 4.78 is 5.60. The summed E-state index contributed by atoms with van der Waals surface area (Å²) in [5.41, 5.74) is 1.05. The largest absolute Gasteiger partial charge is 0.491 e. The van der Waals surface area contributed by atoms with Crippen LogP contribution in [0.2, 0.25) is 0 Å².